The minimum atomic E-state index is -4.87. The molecular weight excluding hydrogens is 172 g/mol. The van der Waals surface area contributed by atoms with Gasteiger partial charge >= 0.3 is 12.9 Å². The van der Waals surface area contributed by atoms with E-state index < -0.39 is 12.9 Å². The molecule has 0 saturated heterocycles. The molecule has 0 radical (unpaired) electrons. The molecule has 0 atom stereocenters. The van der Waals surface area contributed by atoms with Gasteiger partial charge in [0.05, 0.1) is 7.11 Å². The Morgan fingerprint density at radius 2 is 2.08 bits per heavy atom. The highest BCUT2D eigenvalue weighted by atomic mass is 19.4. The fourth-order valence-corrected chi connectivity index (χ4v) is 0.554. The highest BCUT2D eigenvalue weighted by Gasteiger charge is 2.16. The lowest BCUT2D eigenvalue weighted by atomic mass is 9.91. The van der Waals surface area contributed by atoms with Crippen LogP contribution in [-0.2, 0) is 9.53 Å². The molecule has 0 aromatic heterocycles. The molecule has 0 aliphatic heterocycles. The first-order chi connectivity index (χ1) is 5.45. The number of esters is 1. The van der Waals surface area contributed by atoms with Crippen molar-refractivity contribution in [1.82, 2.24) is 0 Å². The van der Waals surface area contributed by atoms with E-state index in [9.17, 15) is 17.7 Å². The normalized spacial score (nSPS) is 12.0. The van der Waals surface area contributed by atoms with Crippen LogP contribution in [0.2, 0.25) is 0 Å². The van der Waals surface area contributed by atoms with Gasteiger partial charge in [0.1, 0.15) is 0 Å². The van der Waals surface area contributed by atoms with Crippen LogP contribution < -0.4 is 0 Å². The summed E-state index contributed by atoms with van der Waals surface area (Å²) in [5.74, 6) is -0.336. The Hall–Kier alpha value is -0.935. The molecular formula is C6H9BF3O2-. The lowest BCUT2D eigenvalue weighted by molar-refractivity contribution is -0.140. The molecule has 0 saturated carbocycles. The van der Waals surface area contributed by atoms with Crippen molar-refractivity contribution >= 4 is 12.9 Å². The van der Waals surface area contributed by atoms with E-state index >= 15 is 0 Å². The zero-order valence-corrected chi connectivity index (χ0v) is 6.60. The zero-order chi connectivity index (χ0) is 9.61. The Morgan fingerprint density at radius 3 is 2.50 bits per heavy atom. The minimum Gasteiger partial charge on any atom is -0.469 e. The predicted octanol–water partition coefficient (Wildman–Crippen LogP) is 1.88. The second kappa shape index (κ2) is 4.85. The van der Waals surface area contributed by atoms with Crippen LogP contribution in [0.25, 0.3) is 0 Å². The molecule has 0 aliphatic rings. The minimum absolute atomic E-state index is 0.0147. The summed E-state index contributed by atoms with van der Waals surface area (Å²) in [5, 5.41) is 0. The highest BCUT2D eigenvalue weighted by Crippen LogP contribution is 2.10. The fourth-order valence-electron chi connectivity index (χ4n) is 0.554. The fraction of sp³-hybridized carbons (Fsp3) is 0.500. The van der Waals surface area contributed by atoms with Gasteiger partial charge in [-0.05, 0) is 6.42 Å². The maximum Gasteiger partial charge on any atom is 0.502 e. The second-order valence-corrected chi connectivity index (χ2v) is 2.17. The van der Waals surface area contributed by atoms with E-state index in [1.165, 1.54) is 7.11 Å². The van der Waals surface area contributed by atoms with Crippen molar-refractivity contribution < 1.29 is 22.5 Å². The summed E-state index contributed by atoms with van der Waals surface area (Å²) in [6.07, 6.45) is 0.976. The van der Waals surface area contributed by atoms with Crippen LogP contribution >= 0.6 is 0 Å². The van der Waals surface area contributed by atoms with Crippen molar-refractivity contribution in [2.24, 2.45) is 0 Å². The first kappa shape index (κ1) is 11.1. The summed E-state index contributed by atoms with van der Waals surface area (Å²) in [6.45, 7) is -4.87. The zero-order valence-electron chi connectivity index (χ0n) is 6.60. The van der Waals surface area contributed by atoms with Gasteiger partial charge in [-0.3, -0.25) is 4.79 Å². The third-order valence-corrected chi connectivity index (χ3v) is 1.10. The molecule has 2 nitrogen and oxygen atoms in total. The van der Waals surface area contributed by atoms with Gasteiger partial charge in [0.25, 0.3) is 0 Å². The molecule has 0 spiro atoms. The Balaban J connectivity index is 3.56. The monoisotopic (exact) mass is 181 g/mol. The Bertz CT molecular complexity index is 176. The van der Waals surface area contributed by atoms with E-state index in [1.54, 1.807) is 0 Å². The van der Waals surface area contributed by atoms with E-state index in [1.807, 2.05) is 0 Å². The predicted molar refractivity (Wildman–Crippen MR) is 39.5 cm³/mol. The first-order valence-electron chi connectivity index (χ1n) is 3.40. The van der Waals surface area contributed by atoms with E-state index in [2.05, 4.69) is 4.74 Å². The molecule has 0 N–H and O–H groups in total. The van der Waals surface area contributed by atoms with E-state index in [4.69, 9.17) is 0 Å². The number of halogens is 3. The van der Waals surface area contributed by atoms with Crippen molar-refractivity contribution in [2.75, 3.05) is 7.11 Å². The van der Waals surface area contributed by atoms with Crippen molar-refractivity contribution in [2.45, 2.75) is 12.8 Å². The van der Waals surface area contributed by atoms with Gasteiger partial charge in [-0.15, -0.1) is 12.1 Å². The molecule has 0 heterocycles. The third-order valence-electron chi connectivity index (χ3n) is 1.10. The van der Waals surface area contributed by atoms with Crippen molar-refractivity contribution in [3.05, 3.63) is 12.1 Å². The van der Waals surface area contributed by atoms with Crippen molar-refractivity contribution in [1.29, 1.82) is 0 Å². The van der Waals surface area contributed by atoms with Crippen LogP contribution in [0.5, 0.6) is 0 Å². The van der Waals surface area contributed by atoms with Crippen LogP contribution in [0.1, 0.15) is 12.8 Å². The van der Waals surface area contributed by atoms with Gasteiger partial charge in [-0.2, -0.15) is 0 Å². The average Bonchev–Trinajstić information content (AvgIpc) is 1.96. The SMILES string of the molecule is COC(=O)CC/C=C/[B-](F)(F)F. The third kappa shape index (κ3) is 7.18. The number of methoxy groups -OCH3 is 1. The number of hydrogen-bond acceptors (Lipinski definition) is 2. The molecule has 0 aromatic carbocycles. The Labute approximate surface area is 68.5 Å². The van der Waals surface area contributed by atoms with Gasteiger partial charge in [0.15, 0.2) is 0 Å². The summed E-state index contributed by atoms with van der Waals surface area (Å²) in [6, 6.07) is 0. The Kier molecular flexibility index (Phi) is 4.47. The topological polar surface area (TPSA) is 26.3 Å². The lowest BCUT2D eigenvalue weighted by Crippen LogP contribution is -2.09. The maximum absolute atomic E-state index is 11.5. The Morgan fingerprint density at radius 1 is 1.50 bits per heavy atom. The summed E-state index contributed by atoms with van der Waals surface area (Å²) >= 11 is 0. The van der Waals surface area contributed by atoms with Crippen LogP contribution in [0, 0.1) is 0 Å². The van der Waals surface area contributed by atoms with Gasteiger partial charge in [-0.1, -0.05) is 0 Å². The molecule has 0 amide bonds. The molecule has 70 valence electrons. The van der Waals surface area contributed by atoms with Gasteiger partial charge < -0.3 is 17.7 Å². The standard InChI is InChI=1S/C6H9BF3O2/c1-12-6(11)4-2-3-5-7(8,9)10/h3,5H,2,4H2,1H3/q-1/b5-3+. The molecule has 6 heteroatoms. The lowest BCUT2D eigenvalue weighted by Gasteiger charge is -2.05. The van der Waals surface area contributed by atoms with Gasteiger partial charge in [0, 0.05) is 6.42 Å². The molecule has 0 aliphatic carbocycles. The van der Waals surface area contributed by atoms with Gasteiger partial charge in [-0.25, -0.2) is 0 Å². The van der Waals surface area contributed by atoms with Crippen LogP contribution in [-0.4, -0.2) is 20.1 Å². The average molecular weight is 181 g/mol. The number of rotatable bonds is 4. The number of carbonyl (C=O) groups is 1. The van der Waals surface area contributed by atoms with E-state index in [-0.39, 0.29) is 18.8 Å². The molecule has 0 aromatic rings. The second-order valence-electron chi connectivity index (χ2n) is 2.17. The molecule has 0 fully saturated rings. The highest BCUT2D eigenvalue weighted by molar-refractivity contribution is 6.64. The summed E-state index contributed by atoms with van der Waals surface area (Å²) in [5.41, 5.74) is 0. The molecule has 12 heavy (non-hydrogen) atoms. The van der Waals surface area contributed by atoms with Crippen LogP contribution in [0.4, 0.5) is 12.9 Å². The smallest absolute Gasteiger partial charge is 0.469 e. The summed E-state index contributed by atoms with van der Waals surface area (Å²) < 4.78 is 38.8. The largest absolute Gasteiger partial charge is 0.502 e. The van der Waals surface area contributed by atoms with E-state index in [0.29, 0.717) is 0 Å². The van der Waals surface area contributed by atoms with Gasteiger partial charge in [0.2, 0.25) is 0 Å². The molecule has 0 bridgehead atoms. The first-order valence-corrected chi connectivity index (χ1v) is 3.40. The number of allylic oxidation sites excluding steroid dienone is 1. The molecule has 0 unspecified atom stereocenters. The van der Waals surface area contributed by atoms with Crippen molar-refractivity contribution in [3.63, 3.8) is 0 Å². The number of carbonyl (C=O) groups excluding carboxylic acids is 1. The van der Waals surface area contributed by atoms with Crippen LogP contribution in [0.3, 0.4) is 0 Å². The summed E-state index contributed by atoms with van der Waals surface area (Å²) in [7, 11) is 1.19. The quantitative estimate of drug-likeness (QED) is 0.488. The molecule has 0 rings (SSSR count). The number of ether oxygens (including phenoxy) is 1. The van der Waals surface area contributed by atoms with Crippen molar-refractivity contribution in [3.8, 4) is 0 Å². The number of hydrogen-bond donors (Lipinski definition) is 0. The van der Waals surface area contributed by atoms with E-state index in [0.717, 1.165) is 6.08 Å². The van der Waals surface area contributed by atoms with Crippen LogP contribution in [0.15, 0.2) is 12.1 Å². The maximum atomic E-state index is 11.5. The summed E-state index contributed by atoms with van der Waals surface area (Å²) in [4.78, 5) is 10.4.